The summed E-state index contributed by atoms with van der Waals surface area (Å²) in [6.07, 6.45) is 1.87. The van der Waals surface area contributed by atoms with Crippen molar-refractivity contribution in [2.24, 2.45) is 0 Å². The number of nitrogens with one attached hydrogen (secondary N) is 1. The summed E-state index contributed by atoms with van der Waals surface area (Å²) >= 11 is 1.84. The molecule has 0 saturated heterocycles. The highest BCUT2D eigenvalue weighted by Gasteiger charge is 2.16. The molecule has 0 amide bonds. The van der Waals surface area contributed by atoms with Crippen molar-refractivity contribution in [3.63, 3.8) is 0 Å². The molecule has 0 aromatic rings. The third-order valence-corrected chi connectivity index (χ3v) is 3.21. The zero-order chi connectivity index (χ0) is 12.2. The number of rotatable bonds is 10. The third-order valence-electron chi connectivity index (χ3n) is 2.11. The van der Waals surface area contributed by atoms with Gasteiger partial charge in [-0.15, -0.1) is 0 Å². The Morgan fingerprint density at radius 1 is 1.44 bits per heavy atom. The summed E-state index contributed by atoms with van der Waals surface area (Å²) in [4.78, 5) is 11.4. The van der Waals surface area contributed by atoms with Crippen molar-refractivity contribution in [2.75, 3.05) is 38.9 Å². The van der Waals surface area contributed by atoms with Gasteiger partial charge < -0.3 is 14.8 Å². The van der Waals surface area contributed by atoms with E-state index in [1.54, 1.807) is 14.2 Å². The molecule has 0 radical (unpaired) electrons. The van der Waals surface area contributed by atoms with E-state index in [0.29, 0.717) is 6.61 Å². The molecular formula is C11H23NO3S. The largest absolute Gasteiger partial charge is 0.465 e. The van der Waals surface area contributed by atoms with Crippen LogP contribution < -0.4 is 5.32 Å². The quantitative estimate of drug-likeness (QED) is 0.467. The molecule has 0 aromatic carbocycles. The fourth-order valence-electron chi connectivity index (χ4n) is 1.23. The molecule has 1 atom stereocenters. The van der Waals surface area contributed by atoms with E-state index in [-0.39, 0.29) is 12.0 Å². The molecular weight excluding hydrogens is 226 g/mol. The number of hydrogen-bond donors (Lipinski definition) is 1. The molecule has 0 rings (SSSR count). The lowest BCUT2D eigenvalue weighted by molar-refractivity contribution is -0.145. The summed E-state index contributed by atoms with van der Waals surface area (Å²) in [5.41, 5.74) is 0. The molecule has 0 aliphatic rings. The smallest absolute Gasteiger partial charge is 0.323 e. The summed E-state index contributed by atoms with van der Waals surface area (Å²) < 4.78 is 9.92. The zero-order valence-electron chi connectivity index (χ0n) is 10.5. The van der Waals surface area contributed by atoms with Gasteiger partial charge in [-0.1, -0.05) is 0 Å². The van der Waals surface area contributed by atoms with Crippen molar-refractivity contribution in [3.05, 3.63) is 0 Å². The number of likely N-dealkylation sites (N-methyl/N-ethyl adjacent to an activating group) is 1. The van der Waals surface area contributed by atoms with Gasteiger partial charge in [-0.3, -0.25) is 4.79 Å². The highest BCUT2D eigenvalue weighted by molar-refractivity contribution is 7.99. The van der Waals surface area contributed by atoms with Crippen LogP contribution in [0.25, 0.3) is 0 Å². The molecule has 0 saturated carbocycles. The SMILES string of the molecule is CCOC(=O)C(CCSCCCOC)NC. The van der Waals surface area contributed by atoms with Crippen LogP contribution in [0, 0.1) is 0 Å². The fraction of sp³-hybridized carbons (Fsp3) is 0.909. The summed E-state index contributed by atoms with van der Waals surface area (Å²) in [5.74, 6) is 1.89. The highest BCUT2D eigenvalue weighted by Crippen LogP contribution is 2.07. The molecule has 0 aromatic heterocycles. The molecule has 0 bridgehead atoms. The molecule has 4 nitrogen and oxygen atoms in total. The maximum atomic E-state index is 11.4. The lowest BCUT2D eigenvalue weighted by atomic mass is 10.2. The van der Waals surface area contributed by atoms with E-state index in [0.717, 1.165) is 31.0 Å². The Hall–Kier alpha value is -0.260. The van der Waals surface area contributed by atoms with Crippen molar-refractivity contribution in [3.8, 4) is 0 Å². The normalized spacial score (nSPS) is 12.4. The van der Waals surface area contributed by atoms with Crippen LogP contribution in [-0.4, -0.2) is 50.9 Å². The van der Waals surface area contributed by atoms with Crippen LogP contribution in [0.4, 0.5) is 0 Å². The van der Waals surface area contributed by atoms with Crippen LogP contribution in [0.5, 0.6) is 0 Å². The Morgan fingerprint density at radius 2 is 2.19 bits per heavy atom. The first-order chi connectivity index (χ1) is 7.76. The monoisotopic (exact) mass is 249 g/mol. The number of hydrogen-bond acceptors (Lipinski definition) is 5. The van der Waals surface area contributed by atoms with E-state index in [2.05, 4.69) is 5.32 Å². The van der Waals surface area contributed by atoms with Crippen molar-refractivity contribution in [1.82, 2.24) is 5.32 Å². The number of carbonyl (C=O) groups excluding carboxylic acids is 1. The van der Waals surface area contributed by atoms with Gasteiger partial charge in [-0.25, -0.2) is 0 Å². The summed E-state index contributed by atoms with van der Waals surface area (Å²) in [7, 11) is 3.50. The number of thioether (sulfide) groups is 1. The molecule has 1 unspecified atom stereocenters. The first-order valence-corrected chi connectivity index (χ1v) is 6.82. The van der Waals surface area contributed by atoms with Gasteiger partial charge in [0.2, 0.25) is 0 Å². The van der Waals surface area contributed by atoms with E-state index in [1.165, 1.54) is 0 Å². The number of carbonyl (C=O) groups is 1. The van der Waals surface area contributed by atoms with Gasteiger partial charge in [0.1, 0.15) is 6.04 Å². The van der Waals surface area contributed by atoms with Gasteiger partial charge in [0.25, 0.3) is 0 Å². The molecule has 96 valence electrons. The summed E-state index contributed by atoms with van der Waals surface area (Å²) in [6.45, 7) is 3.07. The number of methoxy groups -OCH3 is 1. The van der Waals surface area contributed by atoms with E-state index in [9.17, 15) is 4.79 Å². The summed E-state index contributed by atoms with van der Waals surface area (Å²) in [6, 6.07) is -0.171. The number of esters is 1. The molecule has 5 heteroatoms. The Labute approximate surface area is 102 Å². The lowest BCUT2D eigenvalue weighted by Gasteiger charge is -2.14. The first-order valence-electron chi connectivity index (χ1n) is 5.66. The van der Waals surface area contributed by atoms with Crippen LogP contribution in [0.3, 0.4) is 0 Å². The van der Waals surface area contributed by atoms with Gasteiger partial charge >= 0.3 is 5.97 Å². The third kappa shape index (κ3) is 7.96. The molecule has 0 spiro atoms. The van der Waals surface area contributed by atoms with Gasteiger partial charge in [-0.2, -0.15) is 11.8 Å². The lowest BCUT2D eigenvalue weighted by Crippen LogP contribution is -2.36. The van der Waals surface area contributed by atoms with Crippen LogP contribution >= 0.6 is 11.8 Å². The average molecular weight is 249 g/mol. The zero-order valence-corrected chi connectivity index (χ0v) is 11.3. The van der Waals surface area contributed by atoms with Crippen LogP contribution in [-0.2, 0) is 14.3 Å². The Balaban J connectivity index is 3.51. The number of ether oxygens (including phenoxy) is 2. The Kier molecular flexibility index (Phi) is 11.0. The predicted octanol–water partition coefficient (Wildman–Crippen LogP) is 1.30. The maximum absolute atomic E-state index is 11.4. The van der Waals surface area contributed by atoms with Crippen molar-refractivity contribution in [2.45, 2.75) is 25.8 Å². The van der Waals surface area contributed by atoms with Crippen LogP contribution in [0.2, 0.25) is 0 Å². The molecule has 0 aliphatic heterocycles. The molecule has 16 heavy (non-hydrogen) atoms. The topological polar surface area (TPSA) is 47.6 Å². The minimum atomic E-state index is -0.171. The average Bonchev–Trinajstić information content (AvgIpc) is 2.28. The minimum Gasteiger partial charge on any atom is -0.465 e. The minimum absolute atomic E-state index is 0.150. The van der Waals surface area contributed by atoms with E-state index >= 15 is 0 Å². The second-order valence-electron chi connectivity index (χ2n) is 3.34. The first kappa shape index (κ1) is 15.7. The Bertz CT molecular complexity index is 179. The predicted molar refractivity (Wildman–Crippen MR) is 67.9 cm³/mol. The van der Waals surface area contributed by atoms with Crippen LogP contribution in [0.1, 0.15) is 19.8 Å². The van der Waals surface area contributed by atoms with Gasteiger partial charge in [0.15, 0.2) is 0 Å². The summed E-state index contributed by atoms with van der Waals surface area (Å²) in [5, 5.41) is 2.98. The van der Waals surface area contributed by atoms with Gasteiger partial charge in [0.05, 0.1) is 6.61 Å². The van der Waals surface area contributed by atoms with Gasteiger partial charge in [0, 0.05) is 13.7 Å². The molecule has 0 aliphatic carbocycles. The van der Waals surface area contributed by atoms with E-state index < -0.39 is 0 Å². The fourth-order valence-corrected chi connectivity index (χ4v) is 2.16. The Morgan fingerprint density at radius 3 is 2.75 bits per heavy atom. The second kappa shape index (κ2) is 11.2. The molecule has 0 fully saturated rings. The van der Waals surface area contributed by atoms with Crippen molar-refractivity contribution in [1.29, 1.82) is 0 Å². The van der Waals surface area contributed by atoms with Crippen LogP contribution in [0.15, 0.2) is 0 Å². The van der Waals surface area contributed by atoms with Crippen molar-refractivity contribution < 1.29 is 14.3 Å². The highest BCUT2D eigenvalue weighted by atomic mass is 32.2. The van der Waals surface area contributed by atoms with E-state index in [1.807, 2.05) is 18.7 Å². The molecule has 0 heterocycles. The second-order valence-corrected chi connectivity index (χ2v) is 4.57. The van der Waals surface area contributed by atoms with Crippen molar-refractivity contribution >= 4 is 17.7 Å². The maximum Gasteiger partial charge on any atom is 0.323 e. The van der Waals surface area contributed by atoms with E-state index in [4.69, 9.17) is 9.47 Å². The molecule has 1 N–H and O–H groups in total. The standard InChI is InChI=1S/C11H23NO3S/c1-4-15-11(13)10(12-2)6-9-16-8-5-7-14-3/h10,12H,4-9H2,1-3H3. The van der Waals surface area contributed by atoms with Gasteiger partial charge in [-0.05, 0) is 38.3 Å².